The Labute approximate surface area is 140 Å². The molecule has 1 saturated heterocycles. The number of carbonyl (C=O) groups is 1. The Morgan fingerprint density at radius 1 is 1.43 bits per heavy atom. The molecule has 2 atom stereocenters. The predicted molar refractivity (Wildman–Crippen MR) is 88.4 cm³/mol. The molecule has 5 nitrogen and oxygen atoms in total. The number of aromatic nitrogens is 2. The van der Waals surface area contributed by atoms with E-state index in [1.165, 1.54) is 0 Å². The highest BCUT2D eigenvalue weighted by Crippen LogP contribution is 2.20. The van der Waals surface area contributed by atoms with Crippen molar-refractivity contribution in [3.05, 3.63) is 53.6 Å². The highest BCUT2D eigenvalue weighted by atomic mass is 35.5. The van der Waals surface area contributed by atoms with E-state index in [1.54, 1.807) is 12.5 Å². The van der Waals surface area contributed by atoms with Gasteiger partial charge >= 0.3 is 0 Å². The molecule has 3 rings (SSSR count). The molecule has 1 N–H and O–H groups in total. The van der Waals surface area contributed by atoms with Crippen molar-refractivity contribution in [3.63, 3.8) is 0 Å². The van der Waals surface area contributed by atoms with Gasteiger partial charge in [0.2, 0.25) is 5.91 Å². The Morgan fingerprint density at radius 2 is 2.26 bits per heavy atom. The first kappa shape index (κ1) is 16.0. The first-order valence-corrected chi connectivity index (χ1v) is 8.20. The number of benzene rings is 1. The number of nitrogens with one attached hydrogen (secondary N) is 1. The van der Waals surface area contributed by atoms with Crippen molar-refractivity contribution in [2.75, 3.05) is 19.8 Å². The monoisotopic (exact) mass is 333 g/mol. The van der Waals surface area contributed by atoms with Gasteiger partial charge in [0.1, 0.15) is 0 Å². The minimum atomic E-state index is -0.0441. The topological polar surface area (TPSA) is 56.2 Å². The SMILES string of the molecule is O=C(NC[C@@H](c1ccc(Cl)cc1)n1ccnc1)[C@H]1CCCOC1. The zero-order chi connectivity index (χ0) is 16.1. The van der Waals surface area contributed by atoms with E-state index in [0.29, 0.717) is 18.2 Å². The van der Waals surface area contributed by atoms with Crippen LogP contribution >= 0.6 is 11.6 Å². The van der Waals surface area contributed by atoms with Crippen LogP contribution in [0.5, 0.6) is 0 Å². The summed E-state index contributed by atoms with van der Waals surface area (Å²) in [6.45, 7) is 1.78. The predicted octanol–water partition coefficient (Wildman–Crippen LogP) is 2.67. The normalized spacial score (nSPS) is 19.3. The molecule has 122 valence electrons. The highest BCUT2D eigenvalue weighted by Gasteiger charge is 2.23. The number of nitrogens with zero attached hydrogens (tertiary/aromatic N) is 2. The Bertz CT molecular complexity index is 622. The summed E-state index contributed by atoms with van der Waals surface area (Å²) in [6, 6.07) is 7.66. The lowest BCUT2D eigenvalue weighted by molar-refractivity contribution is -0.129. The van der Waals surface area contributed by atoms with Gasteiger partial charge in [-0.15, -0.1) is 0 Å². The smallest absolute Gasteiger partial charge is 0.225 e. The summed E-state index contributed by atoms with van der Waals surface area (Å²) < 4.78 is 7.38. The van der Waals surface area contributed by atoms with Crippen molar-refractivity contribution in [2.45, 2.75) is 18.9 Å². The second-order valence-electron chi connectivity index (χ2n) is 5.74. The maximum atomic E-state index is 12.3. The summed E-state index contributed by atoms with van der Waals surface area (Å²) in [5.74, 6) is 0.0150. The molecule has 0 bridgehead atoms. The molecule has 2 heterocycles. The first-order chi connectivity index (χ1) is 11.2. The van der Waals surface area contributed by atoms with Gasteiger partial charge in [0.25, 0.3) is 0 Å². The van der Waals surface area contributed by atoms with E-state index in [9.17, 15) is 4.79 Å². The molecule has 0 radical (unpaired) electrons. The van der Waals surface area contributed by atoms with Gasteiger partial charge in [-0.1, -0.05) is 23.7 Å². The van der Waals surface area contributed by atoms with E-state index in [1.807, 2.05) is 35.0 Å². The largest absolute Gasteiger partial charge is 0.381 e. The quantitative estimate of drug-likeness (QED) is 0.915. The van der Waals surface area contributed by atoms with Crippen LogP contribution in [0.1, 0.15) is 24.4 Å². The third kappa shape index (κ3) is 4.12. The van der Waals surface area contributed by atoms with E-state index in [0.717, 1.165) is 25.0 Å². The minimum Gasteiger partial charge on any atom is -0.381 e. The van der Waals surface area contributed by atoms with Gasteiger partial charge in [0.15, 0.2) is 0 Å². The maximum absolute atomic E-state index is 12.3. The summed E-state index contributed by atoms with van der Waals surface area (Å²) in [7, 11) is 0. The molecule has 0 spiro atoms. The van der Waals surface area contributed by atoms with E-state index in [2.05, 4.69) is 10.3 Å². The molecule has 23 heavy (non-hydrogen) atoms. The van der Waals surface area contributed by atoms with Crippen molar-refractivity contribution in [1.29, 1.82) is 0 Å². The number of imidazole rings is 1. The lowest BCUT2D eigenvalue weighted by Crippen LogP contribution is -2.38. The molecule has 1 aromatic carbocycles. The zero-order valence-corrected chi connectivity index (χ0v) is 13.6. The van der Waals surface area contributed by atoms with Gasteiger partial charge in [-0.3, -0.25) is 4.79 Å². The summed E-state index contributed by atoms with van der Waals surface area (Å²) in [5.41, 5.74) is 1.08. The van der Waals surface area contributed by atoms with Crippen LogP contribution in [0.2, 0.25) is 5.02 Å². The van der Waals surface area contributed by atoms with Crippen molar-refractivity contribution >= 4 is 17.5 Å². The van der Waals surface area contributed by atoms with Crippen LogP contribution in [0.3, 0.4) is 0 Å². The molecular weight excluding hydrogens is 314 g/mol. The molecule has 1 aliphatic rings. The highest BCUT2D eigenvalue weighted by molar-refractivity contribution is 6.30. The molecule has 0 unspecified atom stereocenters. The Kier molecular flexibility index (Phi) is 5.31. The van der Waals surface area contributed by atoms with Crippen LogP contribution < -0.4 is 5.32 Å². The second-order valence-corrected chi connectivity index (χ2v) is 6.17. The number of hydrogen-bond acceptors (Lipinski definition) is 3. The van der Waals surface area contributed by atoms with Gasteiger partial charge in [0, 0.05) is 30.6 Å². The fraction of sp³-hybridized carbons (Fsp3) is 0.412. The fourth-order valence-corrected chi connectivity index (χ4v) is 2.95. The lowest BCUT2D eigenvalue weighted by atomic mass is 10.0. The molecular formula is C17H20ClN3O2. The van der Waals surface area contributed by atoms with Crippen LogP contribution in [-0.4, -0.2) is 35.2 Å². The number of halogens is 1. The maximum Gasteiger partial charge on any atom is 0.225 e. The van der Waals surface area contributed by atoms with Crippen LogP contribution in [0.25, 0.3) is 0 Å². The molecule has 0 aliphatic carbocycles. The Morgan fingerprint density at radius 3 is 2.91 bits per heavy atom. The number of amides is 1. The first-order valence-electron chi connectivity index (χ1n) is 7.82. The van der Waals surface area contributed by atoms with Gasteiger partial charge in [-0.05, 0) is 30.5 Å². The second kappa shape index (κ2) is 7.62. The number of hydrogen-bond donors (Lipinski definition) is 1. The summed E-state index contributed by atoms with van der Waals surface area (Å²) in [4.78, 5) is 16.4. The molecule has 0 saturated carbocycles. The number of carbonyl (C=O) groups excluding carboxylic acids is 1. The minimum absolute atomic E-state index is 0.0109. The van der Waals surface area contributed by atoms with Crippen LogP contribution in [0.15, 0.2) is 43.0 Å². The number of ether oxygens (including phenoxy) is 1. The third-order valence-corrected chi connectivity index (χ3v) is 4.39. The molecule has 2 aromatic rings. The van der Waals surface area contributed by atoms with E-state index >= 15 is 0 Å². The summed E-state index contributed by atoms with van der Waals surface area (Å²) in [6.07, 6.45) is 7.23. The van der Waals surface area contributed by atoms with Gasteiger partial charge in [-0.25, -0.2) is 4.98 Å². The Hall–Kier alpha value is -1.85. The fourth-order valence-electron chi connectivity index (χ4n) is 2.82. The summed E-state index contributed by atoms with van der Waals surface area (Å²) in [5, 5.41) is 3.75. The number of rotatable bonds is 5. The van der Waals surface area contributed by atoms with Crippen molar-refractivity contribution in [3.8, 4) is 0 Å². The van der Waals surface area contributed by atoms with Gasteiger partial charge in [0.05, 0.1) is 24.9 Å². The zero-order valence-electron chi connectivity index (χ0n) is 12.8. The van der Waals surface area contributed by atoms with Gasteiger partial charge < -0.3 is 14.6 Å². The lowest BCUT2D eigenvalue weighted by Gasteiger charge is -2.24. The average molecular weight is 334 g/mol. The van der Waals surface area contributed by atoms with Crippen molar-refractivity contribution in [2.24, 2.45) is 5.92 Å². The molecule has 1 amide bonds. The van der Waals surface area contributed by atoms with Gasteiger partial charge in [-0.2, -0.15) is 0 Å². The average Bonchev–Trinajstić information content (AvgIpc) is 3.11. The Balaban J connectivity index is 1.69. The van der Waals surface area contributed by atoms with E-state index in [4.69, 9.17) is 16.3 Å². The molecule has 6 heteroatoms. The van der Waals surface area contributed by atoms with Crippen LogP contribution in [-0.2, 0) is 9.53 Å². The molecule has 1 aliphatic heterocycles. The third-order valence-electron chi connectivity index (χ3n) is 4.14. The van der Waals surface area contributed by atoms with Crippen LogP contribution in [0, 0.1) is 5.92 Å². The molecule has 1 fully saturated rings. The standard InChI is InChI=1S/C17H20ClN3O2/c18-15-5-3-13(4-6-15)16(21-8-7-19-12-21)10-20-17(22)14-2-1-9-23-11-14/h3-8,12,14,16H,1-2,9-11H2,(H,20,22)/t14-,16-/m0/s1. The van der Waals surface area contributed by atoms with Crippen molar-refractivity contribution < 1.29 is 9.53 Å². The van der Waals surface area contributed by atoms with E-state index < -0.39 is 0 Å². The summed E-state index contributed by atoms with van der Waals surface area (Å²) >= 11 is 5.97. The molecule has 1 aromatic heterocycles. The van der Waals surface area contributed by atoms with Crippen LogP contribution in [0.4, 0.5) is 0 Å². The van der Waals surface area contributed by atoms with Crippen molar-refractivity contribution in [1.82, 2.24) is 14.9 Å². The van der Waals surface area contributed by atoms with E-state index in [-0.39, 0.29) is 17.9 Å².